The molecule has 0 saturated heterocycles. The molecule has 122 valence electrons. The molecule has 0 atom stereocenters. The molecule has 23 heavy (non-hydrogen) atoms. The Hall–Kier alpha value is -2.49. The highest BCUT2D eigenvalue weighted by Crippen LogP contribution is 2.28. The van der Waals surface area contributed by atoms with Gasteiger partial charge in [0, 0.05) is 6.21 Å². The zero-order valence-corrected chi connectivity index (χ0v) is 13.9. The van der Waals surface area contributed by atoms with Crippen LogP contribution in [0.4, 0.5) is 5.69 Å². The first kappa shape index (κ1) is 16.9. The summed E-state index contributed by atoms with van der Waals surface area (Å²) >= 11 is 0. The second kappa shape index (κ2) is 8.83. The van der Waals surface area contributed by atoms with Gasteiger partial charge in [-0.2, -0.15) is 0 Å². The quantitative estimate of drug-likeness (QED) is 0.667. The van der Waals surface area contributed by atoms with Crippen molar-refractivity contribution in [2.75, 3.05) is 19.8 Å². The lowest BCUT2D eigenvalue weighted by Gasteiger charge is -2.11. The van der Waals surface area contributed by atoms with Crippen LogP contribution in [-0.4, -0.2) is 26.0 Å². The maximum absolute atomic E-state index is 5.62. The lowest BCUT2D eigenvalue weighted by molar-refractivity contribution is 0.288. The first-order valence-corrected chi connectivity index (χ1v) is 7.93. The monoisotopic (exact) mass is 313 g/mol. The van der Waals surface area contributed by atoms with Crippen molar-refractivity contribution in [2.24, 2.45) is 4.99 Å². The van der Waals surface area contributed by atoms with Crippen molar-refractivity contribution in [2.45, 2.75) is 20.8 Å². The number of nitrogens with zero attached hydrogens (tertiary/aromatic N) is 1. The van der Waals surface area contributed by atoms with Crippen LogP contribution in [0.5, 0.6) is 17.2 Å². The van der Waals surface area contributed by atoms with Crippen LogP contribution in [0.25, 0.3) is 0 Å². The summed E-state index contributed by atoms with van der Waals surface area (Å²) in [6, 6.07) is 13.5. The number of benzene rings is 2. The van der Waals surface area contributed by atoms with Crippen LogP contribution in [0.3, 0.4) is 0 Å². The van der Waals surface area contributed by atoms with E-state index in [-0.39, 0.29) is 0 Å². The molecular formula is C19H23NO3. The van der Waals surface area contributed by atoms with Gasteiger partial charge in [0.1, 0.15) is 5.75 Å². The standard InChI is InChI=1S/C19H23NO3/c1-4-21-17-10-8-16(9-11-17)20-14-15-7-12-18(22-5-2)19(13-15)23-6-3/h7-14H,4-6H2,1-3H3. The average molecular weight is 313 g/mol. The zero-order chi connectivity index (χ0) is 16.5. The van der Waals surface area contributed by atoms with Crippen LogP contribution >= 0.6 is 0 Å². The molecule has 0 bridgehead atoms. The third-order valence-electron chi connectivity index (χ3n) is 3.08. The second-order valence-corrected chi connectivity index (χ2v) is 4.76. The molecule has 2 aromatic carbocycles. The Morgan fingerprint density at radius 2 is 1.43 bits per heavy atom. The molecule has 0 aliphatic heterocycles. The summed E-state index contributed by atoms with van der Waals surface area (Å²) in [6.45, 7) is 7.75. The molecule has 0 aliphatic carbocycles. The lowest BCUT2D eigenvalue weighted by atomic mass is 10.2. The molecule has 4 nitrogen and oxygen atoms in total. The predicted molar refractivity (Wildman–Crippen MR) is 93.6 cm³/mol. The summed E-state index contributed by atoms with van der Waals surface area (Å²) < 4.78 is 16.6. The Labute approximate surface area is 137 Å². The molecule has 2 rings (SSSR count). The predicted octanol–water partition coefficient (Wildman–Crippen LogP) is 4.63. The Bertz CT molecular complexity index is 636. The topological polar surface area (TPSA) is 40.0 Å². The van der Waals surface area contributed by atoms with Gasteiger partial charge in [0.05, 0.1) is 25.5 Å². The molecule has 0 spiro atoms. The van der Waals surface area contributed by atoms with Crippen LogP contribution in [0.2, 0.25) is 0 Å². The van der Waals surface area contributed by atoms with Crippen LogP contribution in [0.15, 0.2) is 47.5 Å². The summed E-state index contributed by atoms with van der Waals surface area (Å²) in [7, 11) is 0. The number of rotatable bonds is 8. The van der Waals surface area contributed by atoms with E-state index in [1.807, 2.05) is 69.5 Å². The minimum absolute atomic E-state index is 0.597. The fourth-order valence-corrected chi connectivity index (χ4v) is 2.09. The second-order valence-electron chi connectivity index (χ2n) is 4.76. The summed E-state index contributed by atoms with van der Waals surface area (Å²) in [4.78, 5) is 4.48. The molecule has 0 radical (unpaired) electrons. The maximum atomic E-state index is 5.62. The van der Waals surface area contributed by atoms with E-state index in [1.54, 1.807) is 0 Å². The van der Waals surface area contributed by atoms with Gasteiger partial charge < -0.3 is 14.2 Å². The number of hydrogen-bond donors (Lipinski definition) is 0. The fraction of sp³-hybridized carbons (Fsp3) is 0.316. The number of ether oxygens (including phenoxy) is 3. The van der Waals surface area contributed by atoms with Gasteiger partial charge >= 0.3 is 0 Å². The minimum atomic E-state index is 0.597. The first-order chi connectivity index (χ1) is 11.3. The van der Waals surface area contributed by atoms with Crippen LogP contribution in [-0.2, 0) is 0 Å². The van der Waals surface area contributed by atoms with Crippen molar-refractivity contribution in [3.63, 3.8) is 0 Å². The SMILES string of the molecule is CCOc1ccc(N=Cc2ccc(OCC)c(OCC)c2)cc1. The van der Waals surface area contributed by atoms with Crippen molar-refractivity contribution >= 4 is 11.9 Å². The normalized spacial score (nSPS) is 10.7. The van der Waals surface area contributed by atoms with E-state index in [1.165, 1.54) is 0 Å². The molecule has 0 amide bonds. The van der Waals surface area contributed by atoms with E-state index in [4.69, 9.17) is 14.2 Å². The van der Waals surface area contributed by atoms with Crippen molar-refractivity contribution in [3.05, 3.63) is 48.0 Å². The van der Waals surface area contributed by atoms with Gasteiger partial charge in [-0.05, 0) is 68.8 Å². The molecule has 0 aliphatic rings. The van der Waals surface area contributed by atoms with Crippen LogP contribution in [0, 0.1) is 0 Å². The number of hydrogen-bond acceptors (Lipinski definition) is 4. The first-order valence-electron chi connectivity index (χ1n) is 7.93. The van der Waals surface area contributed by atoms with E-state index in [9.17, 15) is 0 Å². The molecule has 0 aromatic heterocycles. The van der Waals surface area contributed by atoms with Crippen molar-refractivity contribution < 1.29 is 14.2 Å². The van der Waals surface area contributed by atoms with E-state index in [0.29, 0.717) is 19.8 Å². The molecule has 0 fully saturated rings. The molecule has 4 heteroatoms. The summed E-state index contributed by atoms with van der Waals surface area (Å²) in [6.07, 6.45) is 1.81. The zero-order valence-electron chi connectivity index (χ0n) is 13.9. The van der Waals surface area contributed by atoms with E-state index < -0.39 is 0 Å². The van der Waals surface area contributed by atoms with E-state index in [0.717, 1.165) is 28.5 Å². The molecule has 0 saturated carbocycles. The Morgan fingerprint density at radius 1 is 0.783 bits per heavy atom. The summed E-state index contributed by atoms with van der Waals surface area (Å²) in [5.41, 5.74) is 1.84. The van der Waals surface area contributed by atoms with Crippen molar-refractivity contribution in [1.29, 1.82) is 0 Å². The Kier molecular flexibility index (Phi) is 6.48. The van der Waals surface area contributed by atoms with Gasteiger partial charge in [-0.15, -0.1) is 0 Å². The lowest BCUT2D eigenvalue weighted by Crippen LogP contribution is -1.99. The Balaban J connectivity index is 2.13. The third-order valence-corrected chi connectivity index (χ3v) is 3.08. The van der Waals surface area contributed by atoms with Crippen molar-refractivity contribution in [1.82, 2.24) is 0 Å². The summed E-state index contributed by atoms with van der Waals surface area (Å²) in [5, 5.41) is 0. The highest BCUT2D eigenvalue weighted by molar-refractivity contribution is 5.83. The smallest absolute Gasteiger partial charge is 0.161 e. The third kappa shape index (κ3) is 5.02. The highest BCUT2D eigenvalue weighted by atomic mass is 16.5. The molecule has 0 heterocycles. The Morgan fingerprint density at radius 3 is 2.09 bits per heavy atom. The minimum Gasteiger partial charge on any atom is -0.494 e. The van der Waals surface area contributed by atoms with Gasteiger partial charge in [-0.3, -0.25) is 4.99 Å². The van der Waals surface area contributed by atoms with E-state index in [2.05, 4.69) is 4.99 Å². The molecule has 0 unspecified atom stereocenters. The van der Waals surface area contributed by atoms with Crippen LogP contribution < -0.4 is 14.2 Å². The van der Waals surface area contributed by atoms with Gasteiger partial charge in [0.25, 0.3) is 0 Å². The fourth-order valence-electron chi connectivity index (χ4n) is 2.09. The largest absolute Gasteiger partial charge is 0.494 e. The number of aliphatic imine (C=N–C) groups is 1. The van der Waals surface area contributed by atoms with Crippen molar-refractivity contribution in [3.8, 4) is 17.2 Å². The van der Waals surface area contributed by atoms with Gasteiger partial charge in [-0.1, -0.05) is 0 Å². The summed E-state index contributed by atoms with van der Waals surface area (Å²) in [5.74, 6) is 2.35. The van der Waals surface area contributed by atoms with Gasteiger partial charge in [0.15, 0.2) is 11.5 Å². The van der Waals surface area contributed by atoms with Gasteiger partial charge in [0.2, 0.25) is 0 Å². The molecule has 2 aromatic rings. The van der Waals surface area contributed by atoms with Gasteiger partial charge in [-0.25, -0.2) is 0 Å². The highest BCUT2D eigenvalue weighted by Gasteiger charge is 2.05. The maximum Gasteiger partial charge on any atom is 0.161 e. The average Bonchev–Trinajstić information content (AvgIpc) is 2.57. The molecule has 0 N–H and O–H groups in total. The van der Waals surface area contributed by atoms with Crippen LogP contribution in [0.1, 0.15) is 26.3 Å². The molecular weight excluding hydrogens is 290 g/mol. The van der Waals surface area contributed by atoms with E-state index >= 15 is 0 Å².